The Labute approximate surface area is 246 Å². The van der Waals surface area contributed by atoms with E-state index in [0.29, 0.717) is 0 Å². The van der Waals surface area contributed by atoms with Crippen LogP contribution in [0.15, 0.2) is 147 Å². The Kier molecular flexibility index (Phi) is 4.44. The molecule has 4 heterocycles. The average molecular weight is 557 g/mol. The molecule has 2 nitrogen and oxygen atoms in total. The highest BCUT2D eigenvalue weighted by atomic mass is 32.2. The summed E-state index contributed by atoms with van der Waals surface area (Å²) in [4.78, 5) is 7.95. The molecule has 0 saturated heterocycles. The lowest BCUT2D eigenvalue weighted by Gasteiger charge is -2.43. The Balaban J connectivity index is 1.30. The summed E-state index contributed by atoms with van der Waals surface area (Å²) >= 11 is 3.88. The first-order valence-electron chi connectivity index (χ1n) is 14.0. The minimum absolute atomic E-state index is 0.216. The van der Waals surface area contributed by atoms with Gasteiger partial charge in [0.05, 0.1) is 16.7 Å². The zero-order valence-corrected chi connectivity index (χ0v) is 23.5. The lowest BCUT2D eigenvalue weighted by atomic mass is 9.34. The van der Waals surface area contributed by atoms with Crippen molar-refractivity contribution in [1.29, 1.82) is 0 Å². The third kappa shape index (κ3) is 2.87. The Morgan fingerprint density at radius 1 is 0.439 bits per heavy atom. The summed E-state index contributed by atoms with van der Waals surface area (Å²) in [7, 11) is 0. The SMILES string of the molecule is c1ccc(N2c3cccc4c3B3c5c(cccc52)Sc2c(-n5c6ccccc6c6ccccc65)ccc(c23)S4)cc1. The fraction of sp³-hybridized carbons (Fsp3) is 0. The third-order valence-electron chi connectivity index (χ3n) is 8.84. The maximum atomic E-state index is 2.49. The first-order valence-corrected chi connectivity index (χ1v) is 15.6. The van der Waals surface area contributed by atoms with Crippen molar-refractivity contribution in [2.24, 2.45) is 0 Å². The minimum atomic E-state index is 0.216. The van der Waals surface area contributed by atoms with Crippen molar-refractivity contribution in [2.45, 2.75) is 19.6 Å². The molecule has 0 bridgehead atoms. The van der Waals surface area contributed by atoms with Gasteiger partial charge in [0.2, 0.25) is 0 Å². The van der Waals surface area contributed by atoms with Crippen LogP contribution in [0.4, 0.5) is 17.1 Å². The highest BCUT2D eigenvalue weighted by Crippen LogP contribution is 2.48. The van der Waals surface area contributed by atoms with E-state index in [1.165, 1.54) is 80.5 Å². The standard InChI is InChI=1S/C36H21BN2S2/c1-2-10-22(11-3-1)38-27-16-8-18-30-33(27)37-34-28(38)17-9-19-31(34)41-36-29(20-21-32(40-30)35(36)37)39-25-14-6-4-12-23(25)24-13-5-7-15-26(24)39/h1-21H. The van der Waals surface area contributed by atoms with Crippen LogP contribution in [0.5, 0.6) is 0 Å². The van der Waals surface area contributed by atoms with Crippen LogP contribution in [-0.4, -0.2) is 11.3 Å². The van der Waals surface area contributed by atoms with E-state index in [1.54, 1.807) is 0 Å². The van der Waals surface area contributed by atoms with E-state index in [4.69, 9.17) is 0 Å². The Hall–Kier alpha value is -4.32. The molecule has 0 N–H and O–H groups in total. The summed E-state index contributed by atoms with van der Waals surface area (Å²) < 4.78 is 2.49. The van der Waals surface area contributed by atoms with Crippen LogP contribution in [0, 0.1) is 0 Å². The number of rotatable bonds is 2. The summed E-state index contributed by atoms with van der Waals surface area (Å²) in [6.07, 6.45) is 0. The van der Waals surface area contributed by atoms with Gasteiger partial charge in [-0.3, -0.25) is 0 Å². The number of hydrogen-bond acceptors (Lipinski definition) is 3. The summed E-state index contributed by atoms with van der Waals surface area (Å²) in [6.45, 7) is 0.216. The van der Waals surface area contributed by atoms with Gasteiger partial charge >= 0.3 is 0 Å². The van der Waals surface area contributed by atoms with Gasteiger partial charge in [0.25, 0.3) is 6.71 Å². The average Bonchev–Trinajstić information content (AvgIpc) is 3.36. The molecule has 0 aliphatic carbocycles. The highest BCUT2D eigenvalue weighted by molar-refractivity contribution is 8.01. The van der Waals surface area contributed by atoms with Crippen molar-refractivity contribution in [2.75, 3.05) is 4.90 Å². The molecule has 10 rings (SSSR count). The van der Waals surface area contributed by atoms with E-state index in [9.17, 15) is 0 Å². The Bertz CT molecular complexity index is 2170. The molecule has 0 amide bonds. The van der Waals surface area contributed by atoms with Gasteiger partial charge in [-0.2, -0.15) is 0 Å². The molecular weight excluding hydrogens is 535 g/mol. The largest absolute Gasteiger partial charge is 0.311 e. The molecule has 7 aromatic rings. The van der Waals surface area contributed by atoms with E-state index in [2.05, 4.69) is 137 Å². The summed E-state index contributed by atoms with van der Waals surface area (Å²) in [5.41, 5.74) is 11.9. The van der Waals surface area contributed by atoms with Gasteiger partial charge in [-0.15, -0.1) is 0 Å². The van der Waals surface area contributed by atoms with Gasteiger partial charge in [0.15, 0.2) is 0 Å². The van der Waals surface area contributed by atoms with Gasteiger partial charge in [-0.1, -0.05) is 90.3 Å². The van der Waals surface area contributed by atoms with Gasteiger partial charge in [-0.05, 0) is 77.1 Å². The number of nitrogens with zero attached hydrogens (tertiary/aromatic N) is 2. The highest BCUT2D eigenvalue weighted by Gasteiger charge is 2.46. The molecule has 1 aromatic heterocycles. The normalized spacial score (nSPS) is 14.0. The molecule has 6 aromatic carbocycles. The smallest absolute Gasteiger partial charge is 0.252 e. The van der Waals surface area contributed by atoms with E-state index < -0.39 is 0 Å². The fourth-order valence-electron chi connectivity index (χ4n) is 7.26. The summed E-state index contributed by atoms with van der Waals surface area (Å²) in [5, 5.41) is 2.60. The predicted molar refractivity (Wildman–Crippen MR) is 175 cm³/mol. The molecule has 0 unspecified atom stereocenters. The fourth-order valence-corrected chi connectivity index (χ4v) is 9.80. The predicted octanol–water partition coefficient (Wildman–Crippen LogP) is 8.01. The van der Waals surface area contributed by atoms with Crippen LogP contribution < -0.4 is 21.3 Å². The lowest BCUT2D eigenvalue weighted by molar-refractivity contribution is 1.11. The second-order valence-electron chi connectivity index (χ2n) is 10.9. The molecular formula is C36H21BN2S2. The van der Waals surface area contributed by atoms with E-state index in [-0.39, 0.29) is 6.71 Å². The Morgan fingerprint density at radius 3 is 1.71 bits per heavy atom. The Morgan fingerprint density at radius 2 is 1.02 bits per heavy atom. The van der Waals surface area contributed by atoms with Crippen molar-refractivity contribution >= 4 is 85.5 Å². The number of benzene rings is 6. The van der Waals surface area contributed by atoms with Gasteiger partial charge in [0, 0.05) is 47.4 Å². The molecule has 3 aliphatic rings. The molecule has 41 heavy (non-hydrogen) atoms. The topological polar surface area (TPSA) is 8.17 Å². The maximum Gasteiger partial charge on any atom is 0.252 e. The van der Waals surface area contributed by atoms with Gasteiger partial charge in [0.1, 0.15) is 0 Å². The van der Waals surface area contributed by atoms with E-state index in [0.717, 1.165) is 0 Å². The summed E-state index contributed by atoms with van der Waals surface area (Å²) in [6, 6.07) is 46.9. The number of fused-ring (bicyclic) bond motifs is 3. The maximum absolute atomic E-state index is 2.49. The minimum Gasteiger partial charge on any atom is -0.311 e. The molecule has 190 valence electrons. The lowest BCUT2D eigenvalue weighted by Crippen LogP contribution is -2.62. The zero-order valence-electron chi connectivity index (χ0n) is 21.9. The first kappa shape index (κ1) is 22.4. The van der Waals surface area contributed by atoms with Gasteiger partial charge in [-0.25, -0.2) is 0 Å². The number of aromatic nitrogens is 1. The number of anilines is 3. The zero-order chi connectivity index (χ0) is 26.7. The van der Waals surface area contributed by atoms with Crippen LogP contribution in [-0.2, 0) is 0 Å². The monoisotopic (exact) mass is 556 g/mol. The first-order chi connectivity index (χ1) is 20.4. The van der Waals surface area contributed by atoms with Crippen molar-refractivity contribution < 1.29 is 0 Å². The molecule has 3 aliphatic heterocycles. The van der Waals surface area contributed by atoms with Crippen LogP contribution in [0.2, 0.25) is 0 Å². The van der Waals surface area contributed by atoms with Crippen LogP contribution in [0.3, 0.4) is 0 Å². The van der Waals surface area contributed by atoms with Crippen molar-refractivity contribution in [3.05, 3.63) is 127 Å². The second-order valence-corrected chi connectivity index (χ2v) is 13.0. The second kappa shape index (κ2) is 8.13. The summed E-state index contributed by atoms with van der Waals surface area (Å²) in [5.74, 6) is 0. The van der Waals surface area contributed by atoms with Crippen molar-refractivity contribution in [1.82, 2.24) is 4.57 Å². The van der Waals surface area contributed by atoms with Crippen LogP contribution >= 0.6 is 23.5 Å². The quantitative estimate of drug-likeness (QED) is 0.200. The molecule has 0 fully saturated rings. The number of para-hydroxylation sites is 3. The molecule has 5 heteroatoms. The molecule has 0 radical (unpaired) electrons. The van der Waals surface area contributed by atoms with E-state index in [1.807, 2.05) is 23.5 Å². The molecule has 0 atom stereocenters. The number of hydrogen-bond donors (Lipinski definition) is 0. The van der Waals surface area contributed by atoms with Crippen LogP contribution in [0.25, 0.3) is 27.5 Å². The van der Waals surface area contributed by atoms with Crippen molar-refractivity contribution in [3.8, 4) is 5.69 Å². The van der Waals surface area contributed by atoms with E-state index >= 15 is 0 Å². The van der Waals surface area contributed by atoms with Crippen molar-refractivity contribution in [3.63, 3.8) is 0 Å². The third-order valence-corrected chi connectivity index (χ3v) is 11.2. The van der Waals surface area contributed by atoms with Crippen LogP contribution in [0.1, 0.15) is 0 Å². The molecule has 0 spiro atoms. The van der Waals surface area contributed by atoms with Gasteiger partial charge < -0.3 is 9.47 Å². The molecule has 0 saturated carbocycles.